The molecule has 3 nitrogen and oxygen atoms in total. The van der Waals surface area contributed by atoms with Gasteiger partial charge in [0.05, 0.1) is 5.52 Å². The lowest BCUT2D eigenvalue weighted by molar-refractivity contribution is 0.132. The number of benzene rings is 1. The number of nitrogens with zero attached hydrogens (tertiary/aromatic N) is 2. The second-order valence-electron chi connectivity index (χ2n) is 6.19. The van der Waals surface area contributed by atoms with Crippen LogP contribution in [0.15, 0.2) is 30.5 Å². The predicted octanol–water partition coefficient (Wildman–Crippen LogP) is 3.29. The van der Waals surface area contributed by atoms with Crippen LogP contribution >= 0.6 is 0 Å². The molecule has 1 aliphatic rings. The van der Waals surface area contributed by atoms with Crippen LogP contribution in [0.4, 0.5) is 5.69 Å². The third-order valence-corrected chi connectivity index (χ3v) is 4.70. The van der Waals surface area contributed by atoms with E-state index in [9.17, 15) is 0 Å². The number of nitrogens with two attached hydrogens (primary N) is 1. The molecule has 3 rings (SSSR count). The molecule has 0 spiro atoms. The minimum Gasteiger partial charge on any atom is -0.398 e. The normalized spacial score (nSPS) is 24.1. The van der Waals surface area contributed by atoms with E-state index in [1.165, 1.54) is 25.1 Å². The first-order chi connectivity index (χ1) is 9.65. The van der Waals surface area contributed by atoms with Gasteiger partial charge in [0.2, 0.25) is 0 Å². The van der Waals surface area contributed by atoms with Gasteiger partial charge >= 0.3 is 0 Å². The molecule has 0 bridgehead atoms. The molecule has 2 N–H and O–H groups in total. The number of anilines is 1. The summed E-state index contributed by atoms with van der Waals surface area (Å²) >= 11 is 0. The van der Waals surface area contributed by atoms with Crippen molar-refractivity contribution in [3.8, 4) is 0 Å². The van der Waals surface area contributed by atoms with Crippen LogP contribution in [0, 0.1) is 11.8 Å². The zero-order chi connectivity index (χ0) is 14.1. The third kappa shape index (κ3) is 2.50. The van der Waals surface area contributed by atoms with Crippen LogP contribution in [-0.4, -0.2) is 23.0 Å². The summed E-state index contributed by atoms with van der Waals surface area (Å²) in [7, 11) is 0. The van der Waals surface area contributed by atoms with Crippen molar-refractivity contribution < 1.29 is 0 Å². The van der Waals surface area contributed by atoms with Gasteiger partial charge in [-0.25, -0.2) is 0 Å². The zero-order valence-electron chi connectivity index (χ0n) is 12.3. The van der Waals surface area contributed by atoms with Gasteiger partial charge in [0, 0.05) is 30.4 Å². The Labute approximate surface area is 120 Å². The van der Waals surface area contributed by atoms with Crippen molar-refractivity contribution in [2.45, 2.75) is 26.8 Å². The summed E-state index contributed by atoms with van der Waals surface area (Å²) in [6.45, 7) is 8.06. The van der Waals surface area contributed by atoms with Crippen molar-refractivity contribution >= 4 is 16.6 Å². The quantitative estimate of drug-likeness (QED) is 0.851. The smallest absolute Gasteiger partial charge is 0.0767 e. The van der Waals surface area contributed by atoms with E-state index >= 15 is 0 Å². The molecule has 0 aliphatic carbocycles. The molecular formula is C17H23N3. The molecule has 1 saturated heterocycles. The van der Waals surface area contributed by atoms with Crippen molar-refractivity contribution in [3.05, 3.63) is 36.0 Å². The molecular weight excluding hydrogens is 246 g/mol. The monoisotopic (exact) mass is 269 g/mol. The summed E-state index contributed by atoms with van der Waals surface area (Å²) in [5.41, 5.74) is 9.20. The van der Waals surface area contributed by atoms with Crippen molar-refractivity contribution in [2.75, 3.05) is 18.8 Å². The third-order valence-electron chi connectivity index (χ3n) is 4.70. The molecule has 1 aromatic heterocycles. The first kappa shape index (κ1) is 13.4. The summed E-state index contributed by atoms with van der Waals surface area (Å²) in [4.78, 5) is 7.08. The molecule has 2 heterocycles. The lowest BCUT2D eigenvalue weighted by atomic mass is 9.88. The van der Waals surface area contributed by atoms with E-state index in [4.69, 9.17) is 5.73 Å². The maximum absolute atomic E-state index is 6.04. The topological polar surface area (TPSA) is 42.1 Å². The Hall–Kier alpha value is -1.61. The van der Waals surface area contributed by atoms with Gasteiger partial charge in [-0.2, -0.15) is 0 Å². The second-order valence-corrected chi connectivity index (χ2v) is 6.19. The highest BCUT2D eigenvalue weighted by Crippen LogP contribution is 2.27. The standard InChI is InChI=1S/C17H23N3/c1-12-7-9-20(10-13(12)2)11-14-5-6-16(18)15-4-3-8-19-17(14)15/h3-6,8,12-13H,7,9-11,18H2,1-2H3. The number of nitrogen functional groups attached to an aromatic ring is 1. The molecule has 2 aromatic rings. The van der Waals surface area contributed by atoms with Crippen LogP contribution in [0.2, 0.25) is 0 Å². The fraction of sp³-hybridized carbons (Fsp3) is 0.471. The van der Waals surface area contributed by atoms with Crippen molar-refractivity contribution in [2.24, 2.45) is 11.8 Å². The lowest BCUT2D eigenvalue weighted by Crippen LogP contribution is -2.37. The van der Waals surface area contributed by atoms with E-state index in [1.807, 2.05) is 18.3 Å². The van der Waals surface area contributed by atoms with E-state index in [-0.39, 0.29) is 0 Å². The molecule has 20 heavy (non-hydrogen) atoms. The maximum atomic E-state index is 6.04. The Balaban J connectivity index is 1.86. The average molecular weight is 269 g/mol. The maximum Gasteiger partial charge on any atom is 0.0767 e. The van der Waals surface area contributed by atoms with E-state index in [1.54, 1.807) is 0 Å². The van der Waals surface area contributed by atoms with Crippen molar-refractivity contribution in [1.82, 2.24) is 9.88 Å². The molecule has 0 amide bonds. The van der Waals surface area contributed by atoms with Crippen LogP contribution in [-0.2, 0) is 6.54 Å². The van der Waals surface area contributed by atoms with Gasteiger partial charge in [0.1, 0.15) is 0 Å². The fourth-order valence-corrected chi connectivity index (χ4v) is 3.11. The SMILES string of the molecule is CC1CCN(Cc2ccc(N)c3cccnc23)CC1C. The molecule has 0 saturated carbocycles. The molecule has 1 fully saturated rings. The number of fused-ring (bicyclic) bond motifs is 1. The molecule has 1 aliphatic heterocycles. The zero-order valence-corrected chi connectivity index (χ0v) is 12.3. The first-order valence-electron chi connectivity index (χ1n) is 7.49. The number of pyridine rings is 1. The van der Waals surface area contributed by atoms with Crippen molar-refractivity contribution in [1.29, 1.82) is 0 Å². The van der Waals surface area contributed by atoms with Gasteiger partial charge in [-0.1, -0.05) is 19.9 Å². The van der Waals surface area contributed by atoms with Crippen molar-refractivity contribution in [3.63, 3.8) is 0 Å². The van der Waals surface area contributed by atoms with Crippen LogP contribution in [0.5, 0.6) is 0 Å². The number of aromatic nitrogens is 1. The van der Waals surface area contributed by atoms with E-state index in [0.717, 1.165) is 35.0 Å². The average Bonchev–Trinajstić information content (AvgIpc) is 2.46. The number of hydrogen-bond donors (Lipinski definition) is 1. The highest BCUT2D eigenvalue weighted by molar-refractivity contribution is 5.92. The second kappa shape index (κ2) is 5.41. The van der Waals surface area contributed by atoms with Crippen LogP contribution in [0.1, 0.15) is 25.8 Å². The summed E-state index contributed by atoms with van der Waals surface area (Å²) in [5.74, 6) is 1.62. The Kier molecular flexibility index (Phi) is 3.62. The van der Waals surface area contributed by atoms with Crippen LogP contribution < -0.4 is 5.73 Å². The van der Waals surface area contributed by atoms with Gasteiger partial charge in [0.25, 0.3) is 0 Å². The van der Waals surface area contributed by atoms with Gasteiger partial charge < -0.3 is 5.73 Å². The van der Waals surface area contributed by atoms with E-state index < -0.39 is 0 Å². The molecule has 1 aromatic carbocycles. The number of rotatable bonds is 2. The van der Waals surface area contributed by atoms with E-state index in [0.29, 0.717) is 0 Å². The summed E-state index contributed by atoms with van der Waals surface area (Å²) in [6, 6.07) is 8.15. The van der Waals surface area contributed by atoms with Gasteiger partial charge in [-0.05, 0) is 48.6 Å². The predicted molar refractivity (Wildman–Crippen MR) is 84.4 cm³/mol. The van der Waals surface area contributed by atoms with Crippen LogP contribution in [0.25, 0.3) is 10.9 Å². The Morgan fingerprint density at radius 2 is 2.10 bits per heavy atom. The van der Waals surface area contributed by atoms with Gasteiger partial charge in [-0.3, -0.25) is 9.88 Å². The number of likely N-dealkylation sites (tertiary alicyclic amines) is 1. The molecule has 2 unspecified atom stereocenters. The summed E-state index contributed by atoms with van der Waals surface area (Å²) < 4.78 is 0. The van der Waals surface area contributed by atoms with E-state index in [2.05, 4.69) is 35.9 Å². The molecule has 106 valence electrons. The Morgan fingerprint density at radius 3 is 2.90 bits per heavy atom. The highest BCUT2D eigenvalue weighted by atomic mass is 15.1. The summed E-state index contributed by atoms with van der Waals surface area (Å²) in [5, 5.41) is 1.07. The van der Waals surface area contributed by atoms with Crippen LogP contribution in [0.3, 0.4) is 0 Å². The Bertz CT molecular complexity index is 608. The van der Waals surface area contributed by atoms with Gasteiger partial charge in [-0.15, -0.1) is 0 Å². The highest BCUT2D eigenvalue weighted by Gasteiger charge is 2.23. The molecule has 0 radical (unpaired) electrons. The number of piperidine rings is 1. The summed E-state index contributed by atoms with van der Waals surface area (Å²) in [6.07, 6.45) is 3.15. The number of hydrogen-bond acceptors (Lipinski definition) is 3. The molecule has 3 heteroatoms. The minimum absolute atomic E-state index is 0.775. The first-order valence-corrected chi connectivity index (χ1v) is 7.49. The van der Waals surface area contributed by atoms with Gasteiger partial charge in [0.15, 0.2) is 0 Å². The fourth-order valence-electron chi connectivity index (χ4n) is 3.11. The molecule has 2 atom stereocenters. The Morgan fingerprint density at radius 1 is 1.25 bits per heavy atom. The minimum atomic E-state index is 0.775. The largest absolute Gasteiger partial charge is 0.398 e. The lowest BCUT2D eigenvalue weighted by Gasteiger charge is -2.35.